The van der Waals surface area contributed by atoms with Gasteiger partial charge in [0.2, 0.25) is 11.8 Å². The zero-order chi connectivity index (χ0) is 17.4. The smallest absolute Gasteiger partial charge is 0.232 e. The standard InChI is InChI=1S/C17H25N3O3S.ClH/c1-23-14-4-6-15(7-5-14)24-12-16(21)20-10-2-3-13(11-20)17(22)19-9-8-18;/h4-7,13H,2-3,8-12,18H2,1H3,(H,19,22);1H. The van der Waals surface area contributed by atoms with Crippen LogP contribution in [0.25, 0.3) is 0 Å². The lowest BCUT2D eigenvalue weighted by Crippen LogP contribution is -2.46. The first kappa shape index (κ1) is 21.6. The van der Waals surface area contributed by atoms with Crippen molar-refractivity contribution in [1.29, 1.82) is 0 Å². The topological polar surface area (TPSA) is 84.7 Å². The highest BCUT2D eigenvalue weighted by atomic mass is 35.5. The summed E-state index contributed by atoms with van der Waals surface area (Å²) in [6.45, 7) is 2.14. The van der Waals surface area contributed by atoms with Crippen LogP contribution in [-0.2, 0) is 9.59 Å². The molecule has 1 fully saturated rings. The molecule has 6 nitrogen and oxygen atoms in total. The molecule has 140 valence electrons. The molecule has 0 radical (unpaired) electrons. The molecule has 1 heterocycles. The Morgan fingerprint density at radius 1 is 1.36 bits per heavy atom. The Morgan fingerprint density at radius 2 is 2.08 bits per heavy atom. The molecule has 3 N–H and O–H groups in total. The molecule has 2 amide bonds. The lowest BCUT2D eigenvalue weighted by atomic mass is 9.97. The second-order valence-electron chi connectivity index (χ2n) is 5.72. The number of halogens is 1. The SMILES string of the molecule is COc1ccc(SCC(=O)N2CCCC(C(=O)NCCN)C2)cc1.Cl. The summed E-state index contributed by atoms with van der Waals surface area (Å²) in [6, 6.07) is 7.64. The number of benzene rings is 1. The molecule has 1 aliphatic rings. The molecule has 0 spiro atoms. The number of nitrogens with zero attached hydrogens (tertiary/aromatic N) is 1. The third-order valence-corrected chi connectivity index (χ3v) is 5.01. The van der Waals surface area contributed by atoms with Gasteiger partial charge in [0.1, 0.15) is 5.75 Å². The number of carbonyl (C=O) groups excluding carboxylic acids is 2. The van der Waals surface area contributed by atoms with Crippen molar-refractivity contribution < 1.29 is 14.3 Å². The van der Waals surface area contributed by atoms with Gasteiger partial charge < -0.3 is 20.7 Å². The second-order valence-corrected chi connectivity index (χ2v) is 6.77. The van der Waals surface area contributed by atoms with Crippen molar-refractivity contribution in [2.24, 2.45) is 11.7 Å². The van der Waals surface area contributed by atoms with Crippen molar-refractivity contribution in [3.63, 3.8) is 0 Å². The van der Waals surface area contributed by atoms with Crippen LogP contribution in [0.5, 0.6) is 5.75 Å². The van der Waals surface area contributed by atoms with Gasteiger partial charge in [-0.25, -0.2) is 0 Å². The van der Waals surface area contributed by atoms with Crippen LogP contribution in [-0.4, -0.2) is 55.8 Å². The monoisotopic (exact) mass is 387 g/mol. The van der Waals surface area contributed by atoms with E-state index in [2.05, 4.69) is 5.32 Å². The summed E-state index contributed by atoms with van der Waals surface area (Å²) in [6.07, 6.45) is 1.69. The Labute approximate surface area is 159 Å². The number of nitrogens with one attached hydrogen (secondary N) is 1. The summed E-state index contributed by atoms with van der Waals surface area (Å²) in [5.74, 6) is 1.13. The number of carbonyl (C=O) groups is 2. The zero-order valence-electron chi connectivity index (χ0n) is 14.4. The summed E-state index contributed by atoms with van der Waals surface area (Å²) >= 11 is 1.50. The Bertz CT molecular complexity index is 557. The van der Waals surface area contributed by atoms with Gasteiger partial charge in [-0.2, -0.15) is 0 Å². The van der Waals surface area contributed by atoms with Crippen molar-refractivity contribution in [3.8, 4) is 5.75 Å². The molecule has 25 heavy (non-hydrogen) atoms. The minimum atomic E-state index is -0.125. The highest BCUT2D eigenvalue weighted by molar-refractivity contribution is 8.00. The normalized spacial score (nSPS) is 16.7. The maximum atomic E-state index is 12.4. The Balaban J connectivity index is 0.00000312. The number of hydrogen-bond donors (Lipinski definition) is 2. The maximum absolute atomic E-state index is 12.4. The molecular weight excluding hydrogens is 362 g/mol. The van der Waals surface area contributed by atoms with Crippen molar-refractivity contribution in [2.75, 3.05) is 39.0 Å². The average Bonchev–Trinajstić information content (AvgIpc) is 2.64. The first-order valence-electron chi connectivity index (χ1n) is 8.16. The number of methoxy groups -OCH3 is 1. The Hall–Kier alpha value is -1.44. The molecule has 2 rings (SSSR count). The number of nitrogens with two attached hydrogens (primary N) is 1. The molecule has 1 aromatic carbocycles. The van der Waals surface area contributed by atoms with Crippen LogP contribution in [0.3, 0.4) is 0 Å². The average molecular weight is 388 g/mol. The lowest BCUT2D eigenvalue weighted by Gasteiger charge is -2.32. The van der Waals surface area contributed by atoms with Crippen LogP contribution in [0.1, 0.15) is 12.8 Å². The molecule has 0 aromatic heterocycles. The van der Waals surface area contributed by atoms with Crippen molar-refractivity contribution >= 4 is 36.0 Å². The molecule has 0 saturated carbocycles. The predicted molar refractivity (Wildman–Crippen MR) is 102 cm³/mol. The van der Waals surface area contributed by atoms with Crippen LogP contribution in [0.4, 0.5) is 0 Å². The summed E-state index contributed by atoms with van der Waals surface area (Å²) in [7, 11) is 1.63. The number of thioether (sulfide) groups is 1. The van der Waals surface area contributed by atoms with E-state index in [-0.39, 0.29) is 30.1 Å². The first-order valence-corrected chi connectivity index (χ1v) is 9.15. The van der Waals surface area contributed by atoms with E-state index < -0.39 is 0 Å². The molecule has 8 heteroatoms. The van der Waals surface area contributed by atoms with E-state index in [4.69, 9.17) is 10.5 Å². The van der Waals surface area contributed by atoms with E-state index in [1.54, 1.807) is 12.0 Å². The number of ether oxygens (including phenoxy) is 1. The molecule has 1 atom stereocenters. The van der Waals surface area contributed by atoms with Crippen molar-refractivity contribution in [1.82, 2.24) is 10.2 Å². The van der Waals surface area contributed by atoms with Gasteiger partial charge in [-0.3, -0.25) is 9.59 Å². The minimum Gasteiger partial charge on any atom is -0.497 e. The fraction of sp³-hybridized carbons (Fsp3) is 0.529. The van der Waals surface area contributed by atoms with Gasteiger partial charge in [0, 0.05) is 31.1 Å². The predicted octanol–water partition coefficient (Wildman–Crippen LogP) is 1.52. The molecular formula is C17H26ClN3O3S. The second kappa shape index (κ2) is 11.2. The minimum absolute atomic E-state index is 0. The van der Waals surface area contributed by atoms with Crippen LogP contribution in [0.2, 0.25) is 0 Å². The quantitative estimate of drug-likeness (QED) is 0.693. The van der Waals surface area contributed by atoms with Gasteiger partial charge in [-0.15, -0.1) is 24.2 Å². The van der Waals surface area contributed by atoms with Crippen LogP contribution >= 0.6 is 24.2 Å². The highest BCUT2D eigenvalue weighted by Crippen LogP contribution is 2.23. The van der Waals surface area contributed by atoms with Gasteiger partial charge in [0.15, 0.2) is 0 Å². The Kier molecular flexibility index (Phi) is 9.70. The zero-order valence-corrected chi connectivity index (χ0v) is 16.0. The Morgan fingerprint density at radius 3 is 2.72 bits per heavy atom. The first-order chi connectivity index (χ1) is 11.6. The highest BCUT2D eigenvalue weighted by Gasteiger charge is 2.28. The largest absolute Gasteiger partial charge is 0.497 e. The van der Waals surface area contributed by atoms with Gasteiger partial charge >= 0.3 is 0 Å². The summed E-state index contributed by atoms with van der Waals surface area (Å²) in [5.41, 5.74) is 5.41. The summed E-state index contributed by atoms with van der Waals surface area (Å²) in [5, 5.41) is 2.81. The lowest BCUT2D eigenvalue weighted by molar-refractivity contribution is -0.133. The molecule has 0 bridgehead atoms. The van der Waals surface area contributed by atoms with E-state index in [0.29, 0.717) is 25.4 Å². The number of rotatable bonds is 7. The van der Waals surface area contributed by atoms with Gasteiger partial charge in [-0.1, -0.05) is 0 Å². The number of likely N-dealkylation sites (tertiary alicyclic amines) is 1. The molecule has 1 aliphatic heterocycles. The van der Waals surface area contributed by atoms with Crippen molar-refractivity contribution in [3.05, 3.63) is 24.3 Å². The van der Waals surface area contributed by atoms with Crippen molar-refractivity contribution in [2.45, 2.75) is 17.7 Å². The van der Waals surface area contributed by atoms with Crippen LogP contribution < -0.4 is 15.8 Å². The van der Waals surface area contributed by atoms with Gasteiger partial charge in [0.05, 0.1) is 18.8 Å². The van der Waals surface area contributed by atoms with Crippen LogP contribution in [0.15, 0.2) is 29.2 Å². The third kappa shape index (κ3) is 6.76. The summed E-state index contributed by atoms with van der Waals surface area (Å²) < 4.78 is 5.12. The third-order valence-electron chi connectivity index (χ3n) is 4.01. The number of amides is 2. The molecule has 1 unspecified atom stereocenters. The van der Waals surface area contributed by atoms with E-state index in [9.17, 15) is 9.59 Å². The fourth-order valence-electron chi connectivity index (χ4n) is 2.67. The number of hydrogen-bond acceptors (Lipinski definition) is 5. The molecule has 1 aromatic rings. The van der Waals surface area contributed by atoms with E-state index >= 15 is 0 Å². The van der Waals surface area contributed by atoms with E-state index in [1.807, 2.05) is 24.3 Å². The van der Waals surface area contributed by atoms with E-state index in [1.165, 1.54) is 11.8 Å². The fourth-order valence-corrected chi connectivity index (χ4v) is 3.47. The van der Waals surface area contributed by atoms with E-state index in [0.717, 1.165) is 30.0 Å². The summed E-state index contributed by atoms with van der Waals surface area (Å²) in [4.78, 5) is 27.3. The van der Waals surface area contributed by atoms with Gasteiger partial charge in [0.25, 0.3) is 0 Å². The van der Waals surface area contributed by atoms with Gasteiger partial charge in [-0.05, 0) is 37.1 Å². The molecule has 0 aliphatic carbocycles. The number of piperidine rings is 1. The van der Waals surface area contributed by atoms with Crippen LogP contribution in [0, 0.1) is 5.92 Å². The maximum Gasteiger partial charge on any atom is 0.232 e. The molecule has 1 saturated heterocycles.